The van der Waals surface area contributed by atoms with Crippen molar-refractivity contribution in [2.45, 2.75) is 20.0 Å². The number of benzene rings is 2. The fourth-order valence-corrected chi connectivity index (χ4v) is 1.78. The van der Waals surface area contributed by atoms with Crippen LogP contribution in [0.4, 0.5) is 18.9 Å². The molecule has 0 radical (unpaired) electrons. The maximum Gasteiger partial charge on any atom is 0.416 e. The van der Waals surface area contributed by atoms with Gasteiger partial charge in [0.1, 0.15) is 11.5 Å². The highest BCUT2D eigenvalue weighted by Crippen LogP contribution is 2.34. The van der Waals surface area contributed by atoms with Crippen LogP contribution in [0.15, 0.2) is 36.4 Å². The Morgan fingerprint density at radius 3 is 2.35 bits per heavy atom. The summed E-state index contributed by atoms with van der Waals surface area (Å²) in [6, 6.07) is 8.24. The van der Waals surface area contributed by atoms with Crippen LogP contribution in [0.25, 0.3) is 0 Å². The SMILES string of the molecule is Cc1cc(Oc2cccc(C(F)(F)F)c2)c(C)cc1N. The molecule has 0 aliphatic rings. The molecule has 0 fully saturated rings. The molecule has 2 N–H and O–H groups in total. The maximum atomic E-state index is 12.6. The molecule has 0 bridgehead atoms. The van der Waals surface area contributed by atoms with Gasteiger partial charge in [0, 0.05) is 5.69 Å². The van der Waals surface area contributed by atoms with E-state index >= 15 is 0 Å². The minimum Gasteiger partial charge on any atom is -0.457 e. The Kier molecular flexibility index (Phi) is 3.61. The van der Waals surface area contributed by atoms with Crippen molar-refractivity contribution in [1.82, 2.24) is 0 Å². The molecule has 0 atom stereocenters. The molecule has 0 spiro atoms. The maximum absolute atomic E-state index is 12.6. The topological polar surface area (TPSA) is 35.2 Å². The van der Waals surface area contributed by atoms with Crippen molar-refractivity contribution < 1.29 is 17.9 Å². The van der Waals surface area contributed by atoms with Gasteiger partial charge in [-0.25, -0.2) is 0 Å². The first-order chi connectivity index (χ1) is 9.27. The average Bonchev–Trinajstić information content (AvgIpc) is 2.35. The number of halogens is 3. The molecule has 0 saturated carbocycles. The second kappa shape index (κ2) is 5.07. The third kappa shape index (κ3) is 3.04. The number of alkyl halides is 3. The zero-order valence-corrected chi connectivity index (χ0v) is 11.1. The normalized spacial score (nSPS) is 11.4. The monoisotopic (exact) mass is 281 g/mol. The second-order valence-electron chi connectivity index (χ2n) is 4.60. The molecule has 0 saturated heterocycles. The van der Waals surface area contributed by atoms with Crippen LogP contribution >= 0.6 is 0 Å². The van der Waals surface area contributed by atoms with Crippen LogP contribution in [0.2, 0.25) is 0 Å². The van der Waals surface area contributed by atoms with E-state index in [0.717, 1.165) is 23.3 Å². The number of nitrogen functional groups attached to an aromatic ring is 1. The third-order valence-corrected chi connectivity index (χ3v) is 2.95. The summed E-state index contributed by atoms with van der Waals surface area (Å²) in [6.07, 6.45) is -4.38. The van der Waals surface area contributed by atoms with E-state index in [1.54, 1.807) is 19.1 Å². The molecule has 0 aliphatic carbocycles. The standard InChI is InChI=1S/C15H14F3NO/c1-9-7-14(10(2)6-13(9)19)20-12-5-3-4-11(8-12)15(16,17)18/h3-8H,19H2,1-2H3. The Labute approximate surface area is 115 Å². The van der Waals surface area contributed by atoms with E-state index in [1.807, 2.05) is 6.92 Å². The average molecular weight is 281 g/mol. The summed E-state index contributed by atoms with van der Waals surface area (Å²) in [6.45, 7) is 3.60. The molecule has 2 rings (SSSR count). The van der Waals surface area contributed by atoms with E-state index < -0.39 is 11.7 Å². The summed E-state index contributed by atoms with van der Waals surface area (Å²) in [5, 5.41) is 0. The van der Waals surface area contributed by atoms with Gasteiger partial charge >= 0.3 is 6.18 Å². The molecule has 20 heavy (non-hydrogen) atoms. The zero-order chi connectivity index (χ0) is 14.9. The molecule has 0 aromatic heterocycles. The van der Waals surface area contributed by atoms with Crippen molar-refractivity contribution in [3.63, 3.8) is 0 Å². The molecule has 0 heterocycles. The molecule has 0 aliphatic heterocycles. The number of anilines is 1. The van der Waals surface area contributed by atoms with Crippen LogP contribution in [0.5, 0.6) is 11.5 Å². The summed E-state index contributed by atoms with van der Waals surface area (Å²) >= 11 is 0. The molecule has 5 heteroatoms. The lowest BCUT2D eigenvalue weighted by Gasteiger charge is -2.13. The fourth-order valence-electron chi connectivity index (χ4n) is 1.78. The minimum absolute atomic E-state index is 0.145. The zero-order valence-electron chi connectivity index (χ0n) is 11.1. The van der Waals surface area contributed by atoms with E-state index in [1.165, 1.54) is 12.1 Å². The van der Waals surface area contributed by atoms with Crippen LogP contribution in [-0.2, 0) is 6.18 Å². The lowest BCUT2D eigenvalue weighted by molar-refractivity contribution is -0.137. The molecule has 2 aromatic rings. The van der Waals surface area contributed by atoms with E-state index in [2.05, 4.69) is 0 Å². The van der Waals surface area contributed by atoms with E-state index in [9.17, 15) is 13.2 Å². The predicted molar refractivity (Wildman–Crippen MR) is 71.8 cm³/mol. The van der Waals surface area contributed by atoms with Gasteiger partial charge in [-0.05, 0) is 55.3 Å². The number of hydrogen-bond acceptors (Lipinski definition) is 2. The molecule has 106 valence electrons. The van der Waals surface area contributed by atoms with Gasteiger partial charge in [-0.1, -0.05) is 6.07 Å². The Balaban J connectivity index is 2.33. The number of hydrogen-bond donors (Lipinski definition) is 1. The summed E-state index contributed by atoms with van der Waals surface area (Å²) in [4.78, 5) is 0. The first-order valence-electron chi connectivity index (χ1n) is 5.99. The first kappa shape index (κ1) is 14.2. The van der Waals surface area contributed by atoms with Crippen LogP contribution < -0.4 is 10.5 Å². The Hall–Kier alpha value is -2.17. The summed E-state index contributed by atoms with van der Waals surface area (Å²) in [5.41, 5.74) is 7.23. The van der Waals surface area contributed by atoms with Gasteiger partial charge in [-0.15, -0.1) is 0 Å². The quantitative estimate of drug-likeness (QED) is 0.810. The van der Waals surface area contributed by atoms with Gasteiger partial charge in [0.25, 0.3) is 0 Å². The van der Waals surface area contributed by atoms with Crippen molar-refractivity contribution in [3.05, 3.63) is 53.1 Å². The van der Waals surface area contributed by atoms with Gasteiger partial charge < -0.3 is 10.5 Å². The van der Waals surface area contributed by atoms with Crippen molar-refractivity contribution >= 4 is 5.69 Å². The highest BCUT2D eigenvalue weighted by Gasteiger charge is 2.30. The molecule has 2 nitrogen and oxygen atoms in total. The minimum atomic E-state index is -4.38. The van der Waals surface area contributed by atoms with Gasteiger partial charge in [0.15, 0.2) is 0 Å². The highest BCUT2D eigenvalue weighted by atomic mass is 19.4. The predicted octanol–water partition coefficient (Wildman–Crippen LogP) is 4.70. The van der Waals surface area contributed by atoms with E-state index in [4.69, 9.17) is 10.5 Å². The summed E-state index contributed by atoms with van der Waals surface area (Å²) < 4.78 is 43.4. The van der Waals surface area contributed by atoms with Crippen molar-refractivity contribution in [3.8, 4) is 11.5 Å². The number of rotatable bonds is 2. The molecular formula is C15H14F3NO. The summed E-state index contributed by atoms with van der Waals surface area (Å²) in [7, 11) is 0. The number of nitrogens with two attached hydrogens (primary N) is 1. The lowest BCUT2D eigenvalue weighted by atomic mass is 10.1. The van der Waals surface area contributed by atoms with Crippen LogP contribution in [0, 0.1) is 13.8 Å². The highest BCUT2D eigenvalue weighted by molar-refractivity contribution is 5.54. The molecule has 0 unspecified atom stereocenters. The number of aryl methyl sites for hydroxylation is 2. The Morgan fingerprint density at radius 1 is 1.00 bits per heavy atom. The van der Waals surface area contributed by atoms with Crippen LogP contribution in [-0.4, -0.2) is 0 Å². The van der Waals surface area contributed by atoms with Gasteiger partial charge in [-0.2, -0.15) is 13.2 Å². The Bertz CT molecular complexity index is 636. The molecule has 0 amide bonds. The van der Waals surface area contributed by atoms with Crippen LogP contribution in [0.1, 0.15) is 16.7 Å². The van der Waals surface area contributed by atoms with Gasteiger partial charge in [0.05, 0.1) is 5.56 Å². The van der Waals surface area contributed by atoms with Gasteiger partial charge in [0.2, 0.25) is 0 Å². The van der Waals surface area contributed by atoms with Crippen LogP contribution in [0.3, 0.4) is 0 Å². The smallest absolute Gasteiger partial charge is 0.416 e. The van der Waals surface area contributed by atoms with E-state index in [0.29, 0.717) is 11.4 Å². The fraction of sp³-hybridized carbons (Fsp3) is 0.200. The number of ether oxygens (including phenoxy) is 1. The lowest BCUT2D eigenvalue weighted by Crippen LogP contribution is -2.04. The second-order valence-corrected chi connectivity index (χ2v) is 4.60. The van der Waals surface area contributed by atoms with E-state index in [-0.39, 0.29) is 5.75 Å². The van der Waals surface area contributed by atoms with Crippen molar-refractivity contribution in [1.29, 1.82) is 0 Å². The summed E-state index contributed by atoms with van der Waals surface area (Å²) in [5.74, 6) is 0.642. The Morgan fingerprint density at radius 2 is 1.70 bits per heavy atom. The molecule has 2 aromatic carbocycles. The molecular weight excluding hydrogens is 267 g/mol. The third-order valence-electron chi connectivity index (χ3n) is 2.95. The van der Waals surface area contributed by atoms with Crippen molar-refractivity contribution in [2.24, 2.45) is 0 Å². The first-order valence-corrected chi connectivity index (χ1v) is 5.99. The van der Waals surface area contributed by atoms with Crippen molar-refractivity contribution in [2.75, 3.05) is 5.73 Å². The van der Waals surface area contributed by atoms with Gasteiger partial charge in [-0.3, -0.25) is 0 Å². The largest absolute Gasteiger partial charge is 0.457 e.